The Balaban J connectivity index is 0.000000423. The number of ether oxygens (including phenoxy) is 4. The number of anilines is 1. The molecule has 0 amide bonds. The first-order valence-electron chi connectivity index (χ1n) is 14.7. The fraction of sp³-hybridized carbons (Fsp3) is 0.314. The second-order valence-corrected chi connectivity index (χ2v) is 13.6. The van der Waals surface area contributed by atoms with Crippen LogP contribution in [0.5, 0.6) is 11.5 Å². The Morgan fingerprint density at radius 1 is 0.711 bits per heavy atom. The van der Waals surface area contributed by atoms with Crippen molar-refractivity contribution in [2.75, 3.05) is 32.2 Å². The molecule has 0 aromatic heterocycles. The fourth-order valence-electron chi connectivity index (χ4n) is 4.23. The molecule has 0 N–H and O–H groups in total. The standard InChI is InChI=1S/C28H36NO4S.C7H8O3S/c1-7-30-21(3)32-24-12-16-26(17-13-24)34(28-11-9-10-23(20-28)29(5)6)27-18-14-25(15-19-27)33-22(4)31-8-2;1-6-2-4-7(5-3-6)11(8,9)10/h9-22H,7-8H2,1-6H3;2-5H,1H3,(H,8,9,10)/q+1;/p-1. The van der Waals surface area contributed by atoms with E-state index < -0.39 is 10.1 Å². The van der Waals surface area contributed by atoms with Crippen molar-refractivity contribution in [3.63, 3.8) is 0 Å². The molecule has 45 heavy (non-hydrogen) atoms. The van der Waals surface area contributed by atoms with Gasteiger partial charge in [-0.25, -0.2) is 8.42 Å². The Kier molecular flexibility index (Phi) is 13.8. The van der Waals surface area contributed by atoms with E-state index in [1.807, 2.05) is 58.9 Å². The maximum atomic E-state index is 10.4. The van der Waals surface area contributed by atoms with Crippen molar-refractivity contribution in [1.29, 1.82) is 0 Å². The zero-order valence-corrected chi connectivity index (χ0v) is 28.6. The van der Waals surface area contributed by atoms with Crippen LogP contribution >= 0.6 is 0 Å². The quantitative estimate of drug-likeness (QED) is 0.0845. The minimum absolute atomic E-state index is 0.178. The molecule has 0 saturated carbocycles. The highest BCUT2D eigenvalue weighted by atomic mass is 32.2. The molecule has 0 bridgehead atoms. The van der Waals surface area contributed by atoms with Gasteiger partial charge in [-0.15, -0.1) is 0 Å². The molecule has 0 radical (unpaired) electrons. The molecule has 242 valence electrons. The zero-order valence-electron chi connectivity index (χ0n) is 26.9. The van der Waals surface area contributed by atoms with Crippen LogP contribution in [-0.4, -0.2) is 52.9 Å². The molecule has 2 unspecified atom stereocenters. The van der Waals surface area contributed by atoms with Crippen LogP contribution in [0.15, 0.2) is 117 Å². The molecule has 4 aromatic carbocycles. The van der Waals surface area contributed by atoms with Gasteiger partial charge in [0.25, 0.3) is 0 Å². The summed E-state index contributed by atoms with van der Waals surface area (Å²) in [6.07, 6.45) is -0.560. The van der Waals surface area contributed by atoms with Gasteiger partial charge in [0.15, 0.2) is 27.3 Å². The number of rotatable bonds is 13. The molecule has 0 aliphatic rings. The Morgan fingerprint density at radius 3 is 1.58 bits per heavy atom. The van der Waals surface area contributed by atoms with Gasteiger partial charge in [0.2, 0.25) is 0 Å². The summed E-state index contributed by atoms with van der Waals surface area (Å²) in [4.78, 5) is 5.62. The number of nitrogens with zero attached hydrogens (tertiary/aromatic N) is 1. The third-order valence-corrected chi connectivity index (χ3v) is 9.47. The van der Waals surface area contributed by atoms with Gasteiger partial charge in [-0.2, -0.15) is 0 Å². The van der Waals surface area contributed by atoms with E-state index in [9.17, 15) is 13.0 Å². The van der Waals surface area contributed by atoms with Crippen molar-refractivity contribution in [3.05, 3.63) is 103 Å². The lowest BCUT2D eigenvalue weighted by atomic mass is 10.2. The average molecular weight is 654 g/mol. The third kappa shape index (κ3) is 11.4. The summed E-state index contributed by atoms with van der Waals surface area (Å²) >= 11 is 0. The van der Waals surface area contributed by atoms with E-state index >= 15 is 0 Å². The number of aryl methyl sites for hydroxylation is 1. The van der Waals surface area contributed by atoms with Crippen LogP contribution in [0.4, 0.5) is 5.69 Å². The Morgan fingerprint density at radius 2 is 1.18 bits per heavy atom. The molecule has 0 heterocycles. The van der Waals surface area contributed by atoms with Crippen molar-refractivity contribution >= 4 is 26.7 Å². The van der Waals surface area contributed by atoms with Crippen molar-refractivity contribution in [2.24, 2.45) is 0 Å². The molecule has 4 aromatic rings. The number of hydrogen-bond donors (Lipinski definition) is 0. The highest BCUT2D eigenvalue weighted by Crippen LogP contribution is 2.34. The van der Waals surface area contributed by atoms with Crippen LogP contribution < -0.4 is 14.4 Å². The summed E-state index contributed by atoms with van der Waals surface area (Å²) in [5, 5.41) is 0. The molecule has 0 saturated heterocycles. The number of benzene rings is 4. The normalized spacial score (nSPS) is 13.2. The molecule has 0 spiro atoms. The monoisotopic (exact) mass is 653 g/mol. The summed E-state index contributed by atoms with van der Waals surface area (Å²) in [5.41, 5.74) is 2.10. The minimum atomic E-state index is -4.27. The van der Waals surface area contributed by atoms with Crippen LogP contribution in [0.2, 0.25) is 0 Å². The smallest absolute Gasteiger partial charge is 0.196 e. The molecule has 8 nitrogen and oxygen atoms in total. The molecule has 0 aliphatic heterocycles. The van der Waals surface area contributed by atoms with Crippen LogP contribution in [0.3, 0.4) is 0 Å². The Bertz CT molecular complexity index is 1500. The largest absolute Gasteiger partial charge is 0.744 e. The lowest BCUT2D eigenvalue weighted by molar-refractivity contribution is -0.0616. The van der Waals surface area contributed by atoms with E-state index in [1.165, 1.54) is 32.5 Å². The maximum absolute atomic E-state index is 10.4. The first kappa shape index (κ1) is 35.9. The van der Waals surface area contributed by atoms with Crippen molar-refractivity contribution in [2.45, 2.75) is 66.8 Å². The van der Waals surface area contributed by atoms with Gasteiger partial charge >= 0.3 is 0 Å². The number of hydrogen-bond acceptors (Lipinski definition) is 8. The van der Waals surface area contributed by atoms with Gasteiger partial charge in [-0.1, -0.05) is 23.8 Å². The molecule has 2 atom stereocenters. The topological polar surface area (TPSA) is 97.4 Å². The van der Waals surface area contributed by atoms with E-state index in [1.54, 1.807) is 12.1 Å². The van der Waals surface area contributed by atoms with Crippen LogP contribution in [-0.2, 0) is 30.5 Å². The van der Waals surface area contributed by atoms with Crippen LogP contribution in [0.25, 0.3) is 0 Å². The predicted octanol–water partition coefficient (Wildman–Crippen LogP) is 7.27. The molecular formula is C35H43NO7S2. The van der Waals surface area contributed by atoms with E-state index in [0.29, 0.717) is 13.2 Å². The maximum Gasteiger partial charge on any atom is 0.196 e. The first-order valence-corrected chi connectivity index (χ1v) is 17.4. The highest BCUT2D eigenvalue weighted by molar-refractivity contribution is 7.97. The SMILES string of the molecule is CCOC(C)Oc1ccc([S+](c2ccc(OC(C)OCC)cc2)c2cccc(N(C)C)c2)cc1.Cc1ccc(S(=O)(=O)[O-])cc1. The van der Waals surface area contributed by atoms with Crippen molar-refractivity contribution in [3.8, 4) is 11.5 Å². The van der Waals surface area contributed by atoms with Gasteiger partial charge in [0, 0.05) is 39.1 Å². The van der Waals surface area contributed by atoms with E-state index in [-0.39, 0.29) is 28.4 Å². The second-order valence-electron chi connectivity index (χ2n) is 10.2. The Labute approximate surface area is 271 Å². The van der Waals surface area contributed by atoms with E-state index in [2.05, 4.69) is 67.5 Å². The van der Waals surface area contributed by atoms with Crippen LogP contribution in [0, 0.1) is 6.92 Å². The second kappa shape index (κ2) is 17.2. The first-order chi connectivity index (χ1) is 21.4. The highest BCUT2D eigenvalue weighted by Gasteiger charge is 2.29. The van der Waals surface area contributed by atoms with Crippen LogP contribution in [0.1, 0.15) is 33.3 Å². The van der Waals surface area contributed by atoms with Crippen molar-refractivity contribution in [1.82, 2.24) is 0 Å². The summed E-state index contributed by atoms with van der Waals surface area (Å²) in [6, 6.07) is 31.1. The molecule has 10 heteroatoms. The summed E-state index contributed by atoms with van der Waals surface area (Å²) in [6.45, 7) is 10.8. The summed E-state index contributed by atoms with van der Waals surface area (Å²) in [7, 11) is -0.432. The van der Waals surface area contributed by atoms with E-state index in [0.717, 1.165) is 17.1 Å². The average Bonchev–Trinajstić information content (AvgIpc) is 2.99. The van der Waals surface area contributed by atoms with Gasteiger partial charge in [0.05, 0.1) is 15.8 Å². The molecule has 0 aliphatic carbocycles. The summed E-state index contributed by atoms with van der Waals surface area (Å²) < 4.78 is 53.9. The van der Waals surface area contributed by atoms with Crippen molar-refractivity contribution < 1.29 is 31.9 Å². The molecule has 0 fully saturated rings. The predicted molar refractivity (Wildman–Crippen MR) is 178 cm³/mol. The van der Waals surface area contributed by atoms with Gasteiger partial charge < -0.3 is 28.4 Å². The minimum Gasteiger partial charge on any atom is -0.744 e. The lowest BCUT2D eigenvalue weighted by Gasteiger charge is -2.16. The molecular weight excluding hydrogens is 611 g/mol. The molecule has 4 rings (SSSR count). The van der Waals surface area contributed by atoms with Gasteiger partial charge in [-0.05, 0) is 107 Å². The fourth-order valence-corrected chi connectivity index (χ4v) is 6.79. The van der Waals surface area contributed by atoms with Gasteiger partial charge in [-0.3, -0.25) is 0 Å². The van der Waals surface area contributed by atoms with Gasteiger partial charge in [0.1, 0.15) is 21.6 Å². The lowest BCUT2D eigenvalue weighted by Crippen LogP contribution is -2.16. The Hall–Kier alpha value is -3.54. The zero-order chi connectivity index (χ0) is 33.0. The summed E-state index contributed by atoms with van der Waals surface area (Å²) in [5.74, 6) is 1.59. The van der Waals surface area contributed by atoms with E-state index in [4.69, 9.17) is 18.9 Å². The third-order valence-electron chi connectivity index (χ3n) is 6.41.